The van der Waals surface area contributed by atoms with E-state index in [1.807, 2.05) is 0 Å². The molecule has 1 unspecified atom stereocenters. The number of aromatic amines is 1. The van der Waals surface area contributed by atoms with Crippen LogP contribution < -0.4 is 5.32 Å². The fraction of sp³-hybridized carbons (Fsp3) is 0.500. The van der Waals surface area contributed by atoms with Gasteiger partial charge in [0.15, 0.2) is 0 Å². The molecule has 1 fully saturated rings. The van der Waals surface area contributed by atoms with Crippen molar-refractivity contribution >= 4 is 22.8 Å². The van der Waals surface area contributed by atoms with Crippen LogP contribution in [0.15, 0.2) is 12.4 Å². The lowest BCUT2D eigenvalue weighted by Gasteiger charge is -2.39. The number of carbonyl (C=O) groups excluding carboxylic acids is 2. The Labute approximate surface area is 153 Å². The first-order chi connectivity index (χ1) is 12.7. The van der Waals surface area contributed by atoms with Crippen LogP contribution in [0.4, 0.5) is 13.2 Å². The Bertz CT molecular complexity index is 932. The summed E-state index contributed by atoms with van der Waals surface area (Å²) in [6.45, 7) is 3.45. The normalized spacial score (nSPS) is 20.1. The average Bonchev–Trinajstić information content (AvgIpc) is 2.97. The Hall–Kier alpha value is -2.58. The second-order valence-electron chi connectivity index (χ2n) is 7.60. The van der Waals surface area contributed by atoms with Gasteiger partial charge in [0.2, 0.25) is 5.91 Å². The number of amides is 2. The minimum absolute atomic E-state index is 0.0777. The molecule has 0 bridgehead atoms. The van der Waals surface area contributed by atoms with Gasteiger partial charge in [-0.25, -0.2) is 18.2 Å². The highest BCUT2D eigenvalue weighted by Crippen LogP contribution is 2.38. The molecule has 144 valence electrons. The number of carbonyl (C=O) groups is 2. The molecule has 0 aromatic carbocycles. The topological polar surface area (TPSA) is 78.1 Å². The molecule has 0 saturated heterocycles. The zero-order valence-electron chi connectivity index (χ0n) is 14.9. The van der Waals surface area contributed by atoms with E-state index in [0.29, 0.717) is 16.6 Å². The van der Waals surface area contributed by atoms with E-state index < -0.39 is 48.5 Å². The number of aromatic nitrogens is 2. The van der Waals surface area contributed by atoms with E-state index in [1.54, 1.807) is 13.8 Å². The van der Waals surface area contributed by atoms with E-state index in [-0.39, 0.29) is 18.0 Å². The van der Waals surface area contributed by atoms with Crippen LogP contribution >= 0.6 is 0 Å². The van der Waals surface area contributed by atoms with Gasteiger partial charge in [-0.3, -0.25) is 9.59 Å². The summed E-state index contributed by atoms with van der Waals surface area (Å²) in [5.74, 6) is -4.49. The number of pyridine rings is 1. The first-order valence-electron chi connectivity index (χ1n) is 8.81. The van der Waals surface area contributed by atoms with Crippen molar-refractivity contribution in [3.05, 3.63) is 29.3 Å². The summed E-state index contributed by atoms with van der Waals surface area (Å²) in [4.78, 5) is 33.8. The van der Waals surface area contributed by atoms with E-state index in [4.69, 9.17) is 0 Å². The van der Waals surface area contributed by atoms with Crippen molar-refractivity contribution in [2.24, 2.45) is 5.92 Å². The molecule has 1 aliphatic heterocycles. The van der Waals surface area contributed by atoms with Gasteiger partial charge >= 0.3 is 0 Å². The molecule has 0 radical (unpaired) electrons. The zero-order chi connectivity index (χ0) is 19.5. The van der Waals surface area contributed by atoms with E-state index >= 15 is 0 Å². The summed E-state index contributed by atoms with van der Waals surface area (Å²) < 4.78 is 40.4. The van der Waals surface area contributed by atoms with E-state index in [0.717, 1.165) is 6.20 Å². The molecule has 2 amide bonds. The van der Waals surface area contributed by atoms with E-state index in [2.05, 4.69) is 15.3 Å². The Morgan fingerprint density at radius 1 is 1.41 bits per heavy atom. The molecule has 0 spiro atoms. The highest BCUT2D eigenvalue weighted by Gasteiger charge is 2.47. The lowest BCUT2D eigenvalue weighted by molar-refractivity contribution is -0.134. The first kappa shape index (κ1) is 17.8. The molecular formula is C18H19F3N4O2. The average molecular weight is 380 g/mol. The summed E-state index contributed by atoms with van der Waals surface area (Å²) in [6, 6.07) is -1.50. The maximum Gasteiger partial charge on any atom is 0.257 e. The first-order valence-corrected chi connectivity index (χ1v) is 8.81. The molecule has 2 aliphatic rings. The molecule has 1 saturated carbocycles. The zero-order valence-corrected chi connectivity index (χ0v) is 14.9. The maximum atomic E-state index is 14.3. The van der Waals surface area contributed by atoms with Crippen LogP contribution in [-0.2, 0) is 11.3 Å². The van der Waals surface area contributed by atoms with Crippen molar-refractivity contribution in [2.45, 2.75) is 51.2 Å². The van der Waals surface area contributed by atoms with Crippen LogP contribution in [0.25, 0.3) is 11.0 Å². The van der Waals surface area contributed by atoms with Gasteiger partial charge in [-0.2, -0.15) is 0 Å². The third kappa shape index (κ3) is 2.85. The van der Waals surface area contributed by atoms with Gasteiger partial charge in [-0.05, 0) is 5.92 Å². The number of alkyl halides is 2. The van der Waals surface area contributed by atoms with Gasteiger partial charge in [-0.15, -0.1) is 0 Å². The second kappa shape index (κ2) is 5.97. The van der Waals surface area contributed by atoms with Crippen LogP contribution in [0.1, 0.15) is 42.6 Å². The van der Waals surface area contributed by atoms with Gasteiger partial charge in [0, 0.05) is 36.0 Å². The van der Waals surface area contributed by atoms with E-state index in [9.17, 15) is 22.8 Å². The lowest BCUT2D eigenvalue weighted by atomic mass is 9.87. The fourth-order valence-corrected chi connectivity index (χ4v) is 3.94. The summed E-state index contributed by atoms with van der Waals surface area (Å²) in [5, 5.41) is 3.03. The predicted molar refractivity (Wildman–Crippen MR) is 90.7 cm³/mol. The summed E-state index contributed by atoms with van der Waals surface area (Å²) in [5.41, 5.74) is 0.966. The molecule has 1 atom stereocenters. The number of nitrogens with zero attached hydrogens (tertiary/aromatic N) is 2. The van der Waals surface area contributed by atoms with Gasteiger partial charge < -0.3 is 15.2 Å². The molecule has 9 heteroatoms. The summed E-state index contributed by atoms with van der Waals surface area (Å²) in [7, 11) is 0. The minimum atomic E-state index is -2.75. The molecular weight excluding hydrogens is 361 g/mol. The van der Waals surface area contributed by atoms with Crippen molar-refractivity contribution in [3.63, 3.8) is 0 Å². The standard InChI is InChI=1S/C18H19F3N4O2/c1-8(2)14(16(26)24-9-3-18(20,21)4-9)25-7-11-12(19)6-23-15-13(11)10(5-22-15)17(25)27/h5-6,8-9,14H,3-4,7H2,1-2H3,(H,22,23)(H,24,26). The predicted octanol–water partition coefficient (Wildman–Crippen LogP) is 2.60. The van der Waals surface area contributed by atoms with Crippen LogP contribution in [0, 0.1) is 11.7 Å². The van der Waals surface area contributed by atoms with Crippen molar-refractivity contribution in [1.82, 2.24) is 20.2 Å². The second-order valence-corrected chi connectivity index (χ2v) is 7.60. The molecule has 2 N–H and O–H groups in total. The fourth-order valence-electron chi connectivity index (χ4n) is 3.94. The number of H-pyrrole nitrogens is 1. The molecule has 4 rings (SSSR count). The Morgan fingerprint density at radius 2 is 2.11 bits per heavy atom. The largest absolute Gasteiger partial charge is 0.351 e. The smallest absolute Gasteiger partial charge is 0.257 e. The molecule has 6 nitrogen and oxygen atoms in total. The van der Waals surface area contributed by atoms with Gasteiger partial charge in [-0.1, -0.05) is 13.8 Å². The molecule has 2 aromatic rings. The quantitative estimate of drug-likeness (QED) is 0.856. The molecule has 27 heavy (non-hydrogen) atoms. The van der Waals surface area contributed by atoms with Crippen LogP contribution in [0.5, 0.6) is 0 Å². The van der Waals surface area contributed by atoms with Crippen LogP contribution in [0.2, 0.25) is 0 Å². The van der Waals surface area contributed by atoms with Crippen molar-refractivity contribution in [1.29, 1.82) is 0 Å². The lowest BCUT2D eigenvalue weighted by Crippen LogP contribution is -2.58. The minimum Gasteiger partial charge on any atom is -0.351 e. The molecule has 1 aliphatic carbocycles. The SMILES string of the molecule is CC(C)C(C(=O)NC1CC(F)(F)C1)N1Cc2c(F)cnc3[nH]cc(c23)C1=O. The van der Waals surface area contributed by atoms with Gasteiger partial charge in [0.1, 0.15) is 17.5 Å². The maximum absolute atomic E-state index is 14.3. The van der Waals surface area contributed by atoms with Crippen LogP contribution in [0.3, 0.4) is 0 Å². The number of rotatable bonds is 4. The molecule has 3 heterocycles. The van der Waals surface area contributed by atoms with Crippen molar-refractivity contribution < 1.29 is 22.8 Å². The number of nitrogens with one attached hydrogen (secondary N) is 2. The number of hydrogen-bond donors (Lipinski definition) is 2. The summed E-state index contributed by atoms with van der Waals surface area (Å²) >= 11 is 0. The highest BCUT2D eigenvalue weighted by atomic mass is 19.3. The third-order valence-corrected chi connectivity index (χ3v) is 5.25. The Balaban J connectivity index is 1.63. The van der Waals surface area contributed by atoms with Gasteiger partial charge in [0.05, 0.1) is 18.3 Å². The highest BCUT2D eigenvalue weighted by molar-refractivity contribution is 6.10. The van der Waals surface area contributed by atoms with Crippen LogP contribution in [-0.4, -0.2) is 44.7 Å². The van der Waals surface area contributed by atoms with E-state index in [1.165, 1.54) is 11.1 Å². The Kier molecular flexibility index (Phi) is 3.94. The van der Waals surface area contributed by atoms with Crippen molar-refractivity contribution in [3.8, 4) is 0 Å². The summed E-state index contributed by atoms with van der Waals surface area (Å²) in [6.07, 6.45) is 1.72. The molecule has 2 aromatic heterocycles. The van der Waals surface area contributed by atoms with Gasteiger partial charge in [0.25, 0.3) is 11.8 Å². The number of hydrogen-bond acceptors (Lipinski definition) is 3. The Morgan fingerprint density at radius 3 is 2.74 bits per heavy atom. The number of halogens is 3. The third-order valence-electron chi connectivity index (χ3n) is 5.25. The monoisotopic (exact) mass is 380 g/mol. The van der Waals surface area contributed by atoms with Crippen molar-refractivity contribution in [2.75, 3.05) is 0 Å².